The number of nitrogens with one attached hydrogen (secondary N) is 2. The second-order valence-electron chi connectivity index (χ2n) is 5.02. The van der Waals surface area contributed by atoms with Crippen molar-refractivity contribution < 1.29 is 9.13 Å². The van der Waals surface area contributed by atoms with E-state index < -0.39 is 0 Å². The van der Waals surface area contributed by atoms with E-state index in [-0.39, 0.29) is 30.6 Å². The first-order valence-corrected chi connectivity index (χ1v) is 6.72. The molecule has 0 radical (unpaired) electrons. The number of halogens is 3. The van der Waals surface area contributed by atoms with E-state index in [1.165, 1.54) is 6.07 Å². The summed E-state index contributed by atoms with van der Waals surface area (Å²) in [5.41, 5.74) is 1.95. The average molecular weight is 323 g/mol. The first kappa shape index (κ1) is 17.5. The van der Waals surface area contributed by atoms with Crippen LogP contribution in [-0.4, -0.2) is 32.3 Å². The zero-order valence-corrected chi connectivity index (χ0v) is 12.9. The maximum Gasteiger partial charge on any atom is 0.126 e. The molecule has 1 saturated heterocycles. The highest BCUT2D eigenvalue weighted by Gasteiger charge is 2.20. The van der Waals surface area contributed by atoms with E-state index in [1.807, 2.05) is 0 Å². The molecule has 1 heterocycles. The molecule has 0 saturated carbocycles. The summed E-state index contributed by atoms with van der Waals surface area (Å²) in [5, 5.41) is 6.74. The summed E-state index contributed by atoms with van der Waals surface area (Å²) in [7, 11) is 0. The van der Waals surface area contributed by atoms with Crippen molar-refractivity contribution in [3.05, 3.63) is 29.1 Å². The number of hydrogen-bond acceptors (Lipinski definition) is 3. The second-order valence-corrected chi connectivity index (χ2v) is 5.02. The summed E-state index contributed by atoms with van der Waals surface area (Å²) in [6.07, 6.45) is 2.83. The molecule has 114 valence electrons. The van der Waals surface area contributed by atoms with E-state index in [0.29, 0.717) is 12.6 Å². The molecule has 1 aliphatic carbocycles. The normalized spacial score (nSPS) is 20.6. The molecule has 0 amide bonds. The third-order valence-corrected chi connectivity index (χ3v) is 3.75. The van der Waals surface area contributed by atoms with E-state index in [4.69, 9.17) is 4.74 Å². The molecule has 1 aromatic rings. The average Bonchev–Trinajstić information content (AvgIpc) is 2.90. The van der Waals surface area contributed by atoms with Gasteiger partial charge in [0.05, 0.1) is 6.04 Å². The fraction of sp³-hybridized carbons (Fsp3) is 0.571. The summed E-state index contributed by atoms with van der Waals surface area (Å²) < 4.78 is 19.5. The summed E-state index contributed by atoms with van der Waals surface area (Å²) in [5.74, 6) is 0.795. The van der Waals surface area contributed by atoms with Crippen LogP contribution in [0.3, 0.4) is 0 Å². The molecule has 0 aromatic heterocycles. The van der Waals surface area contributed by atoms with Gasteiger partial charge >= 0.3 is 0 Å². The lowest BCUT2D eigenvalue weighted by molar-refractivity contribution is 0.245. The van der Waals surface area contributed by atoms with Gasteiger partial charge in [-0.3, -0.25) is 0 Å². The molecule has 1 aromatic carbocycles. The zero-order chi connectivity index (χ0) is 12.4. The monoisotopic (exact) mass is 322 g/mol. The molecular weight excluding hydrogens is 302 g/mol. The van der Waals surface area contributed by atoms with Gasteiger partial charge in [-0.15, -0.1) is 24.8 Å². The summed E-state index contributed by atoms with van der Waals surface area (Å²) in [6, 6.07) is 3.66. The fourth-order valence-electron chi connectivity index (χ4n) is 2.79. The van der Waals surface area contributed by atoms with E-state index in [0.717, 1.165) is 55.8 Å². The lowest BCUT2D eigenvalue weighted by atomic mass is 10.1. The Morgan fingerprint density at radius 1 is 1.15 bits per heavy atom. The van der Waals surface area contributed by atoms with Crippen LogP contribution in [0.2, 0.25) is 0 Å². The predicted molar refractivity (Wildman–Crippen MR) is 83.1 cm³/mol. The van der Waals surface area contributed by atoms with Crippen molar-refractivity contribution in [3.8, 4) is 5.75 Å². The summed E-state index contributed by atoms with van der Waals surface area (Å²) >= 11 is 0. The molecule has 3 rings (SSSR count). The van der Waals surface area contributed by atoms with Gasteiger partial charge in [0.1, 0.15) is 18.2 Å². The van der Waals surface area contributed by atoms with E-state index in [2.05, 4.69) is 10.6 Å². The van der Waals surface area contributed by atoms with Gasteiger partial charge in [0, 0.05) is 25.2 Å². The number of rotatable bonds is 3. The summed E-state index contributed by atoms with van der Waals surface area (Å²) in [4.78, 5) is 0. The van der Waals surface area contributed by atoms with Gasteiger partial charge in [-0.2, -0.15) is 0 Å². The minimum atomic E-state index is -0.0766. The van der Waals surface area contributed by atoms with Gasteiger partial charge < -0.3 is 15.4 Å². The Labute approximate surface area is 131 Å². The molecular formula is C14H21Cl2FN2O. The van der Waals surface area contributed by atoms with Crippen molar-refractivity contribution in [1.82, 2.24) is 10.6 Å². The maximum absolute atomic E-state index is 13.6. The van der Waals surface area contributed by atoms with Crippen LogP contribution in [0.15, 0.2) is 12.1 Å². The zero-order valence-electron chi connectivity index (χ0n) is 11.3. The Balaban J connectivity index is 0.000001000. The summed E-state index contributed by atoms with van der Waals surface area (Å²) in [6.45, 7) is 3.58. The Hall–Kier alpha value is -0.550. The topological polar surface area (TPSA) is 33.3 Å². The fourth-order valence-corrected chi connectivity index (χ4v) is 2.79. The van der Waals surface area contributed by atoms with Crippen LogP contribution in [0.5, 0.6) is 5.75 Å². The number of ether oxygens (including phenoxy) is 1. The number of fused-ring (bicyclic) bond motifs is 1. The van der Waals surface area contributed by atoms with Crippen LogP contribution in [0.4, 0.5) is 4.39 Å². The third-order valence-electron chi connectivity index (χ3n) is 3.75. The van der Waals surface area contributed by atoms with Gasteiger partial charge in [0.15, 0.2) is 0 Å². The first-order chi connectivity index (χ1) is 8.84. The quantitative estimate of drug-likeness (QED) is 0.894. The number of benzene rings is 1. The SMILES string of the molecule is Cl.Cl.Fc1ccc(OCC2CNCCN2)c2c1CCC2. The molecule has 20 heavy (non-hydrogen) atoms. The third kappa shape index (κ3) is 3.76. The van der Waals surface area contributed by atoms with Crippen molar-refractivity contribution in [2.24, 2.45) is 0 Å². The maximum atomic E-state index is 13.6. The number of piperazine rings is 1. The Morgan fingerprint density at radius 2 is 1.95 bits per heavy atom. The van der Waals surface area contributed by atoms with Gasteiger partial charge in [0.25, 0.3) is 0 Å². The van der Waals surface area contributed by atoms with Crippen molar-refractivity contribution in [3.63, 3.8) is 0 Å². The highest BCUT2D eigenvalue weighted by atomic mass is 35.5. The molecule has 1 atom stereocenters. The highest BCUT2D eigenvalue weighted by molar-refractivity contribution is 5.85. The van der Waals surface area contributed by atoms with Crippen LogP contribution in [0, 0.1) is 5.82 Å². The molecule has 1 unspecified atom stereocenters. The van der Waals surface area contributed by atoms with Crippen molar-refractivity contribution >= 4 is 24.8 Å². The van der Waals surface area contributed by atoms with Crippen molar-refractivity contribution in [2.75, 3.05) is 26.2 Å². The highest BCUT2D eigenvalue weighted by Crippen LogP contribution is 2.32. The van der Waals surface area contributed by atoms with Crippen LogP contribution in [0.1, 0.15) is 17.5 Å². The van der Waals surface area contributed by atoms with Gasteiger partial charge in [-0.25, -0.2) is 4.39 Å². The van der Waals surface area contributed by atoms with Gasteiger partial charge in [0.2, 0.25) is 0 Å². The van der Waals surface area contributed by atoms with E-state index in [1.54, 1.807) is 6.07 Å². The molecule has 1 aliphatic heterocycles. The standard InChI is InChI=1S/C14H19FN2O.2ClH/c15-13-4-5-14(12-3-1-2-11(12)13)18-9-10-8-16-6-7-17-10;;/h4-5,10,16-17H,1-3,6-9H2;2*1H. The molecule has 1 fully saturated rings. The Morgan fingerprint density at radius 3 is 2.70 bits per heavy atom. The van der Waals surface area contributed by atoms with Crippen molar-refractivity contribution in [2.45, 2.75) is 25.3 Å². The molecule has 0 bridgehead atoms. The molecule has 2 N–H and O–H groups in total. The van der Waals surface area contributed by atoms with E-state index in [9.17, 15) is 4.39 Å². The molecule has 3 nitrogen and oxygen atoms in total. The van der Waals surface area contributed by atoms with Crippen LogP contribution in [0.25, 0.3) is 0 Å². The second kappa shape index (κ2) is 8.03. The minimum absolute atomic E-state index is 0. The molecule has 6 heteroatoms. The largest absolute Gasteiger partial charge is 0.492 e. The van der Waals surface area contributed by atoms with Crippen LogP contribution in [-0.2, 0) is 12.8 Å². The van der Waals surface area contributed by atoms with Gasteiger partial charge in [-0.1, -0.05) is 0 Å². The van der Waals surface area contributed by atoms with Gasteiger partial charge in [-0.05, 0) is 37.0 Å². The van der Waals surface area contributed by atoms with Crippen LogP contribution >= 0.6 is 24.8 Å². The number of hydrogen-bond donors (Lipinski definition) is 2. The van der Waals surface area contributed by atoms with Crippen molar-refractivity contribution in [1.29, 1.82) is 0 Å². The lowest BCUT2D eigenvalue weighted by Crippen LogP contribution is -2.51. The Bertz CT molecular complexity index is 439. The Kier molecular flexibility index (Phi) is 7.03. The van der Waals surface area contributed by atoms with Crippen LogP contribution < -0.4 is 15.4 Å². The minimum Gasteiger partial charge on any atom is -0.492 e. The predicted octanol–water partition coefficient (Wildman–Crippen LogP) is 2.10. The molecule has 2 aliphatic rings. The smallest absolute Gasteiger partial charge is 0.126 e. The molecule has 0 spiro atoms. The van der Waals surface area contributed by atoms with E-state index >= 15 is 0 Å². The lowest BCUT2D eigenvalue weighted by Gasteiger charge is -2.25. The first-order valence-electron chi connectivity index (χ1n) is 6.72.